The molecule has 0 saturated carbocycles. The van der Waals surface area contributed by atoms with Gasteiger partial charge in [-0.1, -0.05) is 17.7 Å². The van der Waals surface area contributed by atoms with Crippen LogP contribution in [0.2, 0.25) is 0 Å². The van der Waals surface area contributed by atoms with Gasteiger partial charge in [0.2, 0.25) is 0 Å². The third-order valence-corrected chi connectivity index (χ3v) is 3.28. The SMILES string of the molecule is Cc1ccc2c(c1)CCC(COS(C)(=O)=O)O2. The largest absolute Gasteiger partial charge is 0.488 e. The first-order valence-corrected chi connectivity index (χ1v) is 7.36. The van der Waals surface area contributed by atoms with Crippen molar-refractivity contribution in [1.82, 2.24) is 0 Å². The summed E-state index contributed by atoms with van der Waals surface area (Å²) in [7, 11) is -3.39. The average Bonchev–Trinajstić information content (AvgIpc) is 2.25. The zero-order chi connectivity index (χ0) is 12.5. The van der Waals surface area contributed by atoms with Crippen molar-refractivity contribution in [3.05, 3.63) is 29.3 Å². The van der Waals surface area contributed by atoms with E-state index in [0.717, 1.165) is 24.8 Å². The molecular weight excluding hydrogens is 240 g/mol. The fourth-order valence-electron chi connectivity index (χ4n) is 1.89. The molecule has 1 heterocycles. The van der Waals surface area contributed by atoms with Crippen LogP contribution in [0.5, 0.6) is 5.75 Å². The van der Waals surface area contributed by atoms with Gasteiger partial charge >= 0.3 is 0 Å². The van der Waals surface area contributed by atoms with Crippen molar-refractivity contribution in [2.45, 2.75) is 25.9 Å². The van der Waals surface area contributed by atoms with Crippen LogP contribution < -0.4 is 4.74 Å². The summed E-state index contributed by atoms with van der Waals surface area (Å²) in [5.41, 5.74) is 2.39. The maximum Gasteiger partial charge on any atom is 0.264 e. The molecule has 5 heteroatoms. The van der Waals surface area contributed by atoms with E-state index in [4.69, 9.17) is 8.92 Å². The number of fused-ring (bicyclic) bond motifs is 1. The van der Waals surface area contributed by atoms with Gasteiger partial charge in [-0.25, -0.2) is 0 Å². The maximum absolute atomic E-state index is 10.9. The van der Waals surface area contributed by atoms with Crippen LogP contribution in [-0.4, -0.2) is 27.4 Å². The Kier molecular flexibility index (Phi) is 3.40. The highest BCUT2D eigenvalue weighted by Crippen LogP contribution is 2.28. The molecule has 1 unspecified atom stereocenters. The van der Waals surface area contributed by atoms with Crippen LogP contribution in [-0.2, 0) is 20.7 Å². The molecule has 0 fully saturated rings. The lowest BCUT2D eigenvalue weighted by Gasteiger charge is -2.25. The van der Waals surface area contributed by atoms with Crippen LogP contribution in [0.1, 0.15) is 17.5 Å². The van der Waals surface area contributed by atoms with Crippen molar-refractivity contribution in [2.24, 2.45) is 0 Å². The zero-order valence-corrected chi connectivity index (χ0v) is 10.8. The van der Waals surface area contributed by atoms with Gasteiger partial charge in [-0.05, 0) is 31.4 Å². The van der Waals surface area contributed by atoms with Gasteiger partial charge in [0.1, 0.15) is 18.5 Å². The number of ether oxygens (including phenoxy) is 1. The Morgan fingerprint density at radius 2 is 2.24 bits per heavy atom. The van der Waals surface area contributed by atoms with E-state index in [0.29, 0.717) is 0 Å². The Bertz CT molecular complexity index is 507. The maximum atomic E-state index is 10.9. The third kappa shape index (κ3) is 3.44. The summed E-state index contributed by atoms with van der Waals surface area (Å²) in [6.45, 7) is 2.13. The first-order valence-electron chi connectivity index (χ1n) is 5.54. The minimum atomic E-state index is -3.39. The van der Waals surface area contributed by atoms with E-state index < -0.39 is 10.1 Å². The highest BCUT2D eigenvalue weighted by atomic mass is 32.2. The van der Waals surface area contributed by atoms with E-state index in [2.05, 4.69) is 6.07 Å². The van der Waals surface area contributed by atoms with Crippen LogP contribution in [0.4, 0.5) is 0 Å². The number of hydrogen-bond donors (Lipinski definition) is 0. The lowest BCUT2D eigenvalue weighted by molar-refractivity contribution is 0.113. The molecule has 0 saturated heterocycles. The van der Waals surface area contributed by atoms with Crippen LogP contribution in [0, 0.1) is 6.92 Å². The summed E-state index contributed by atoms with van der Waals surface area (Å²) < 4.78 is 32.2. The molecule has 94 valence electrons. The van der Waals surface area contributed by atoms with Crippen molar-refractivity contribution in [2.75, 3.05) is 12.9 Å². The molecule has 0 aliphatic carbocycles. The average molecular weight is 256 g/mol. The molecule has 0 radical (unpaired) electrons. The van der Waals surface area contributed by atoms with E-state index in [-0.39, 0.29) is 12.7 Å². The molecule has 17 heavy (non-hydrogen) atoms. The molecule has 2 rings (SSSR count). The fourth-order valence-corrected chi connectivity index (χ4v) is 2.29. The second kappa shape index (κ2) is 4.66. The van der Waals surface area contributed by atoms with E-state index in [9.17, 15) is 8.42 Å². The topological polar surface area (TPSA) is 52.6 Å². The van der Waals surface area contributed by atoms with E-state index in [1.165, 1.54) is 11.1 Å². The number of rotatable bonds is 3. The molecule has 0 spiro atoms. The van der Waals surface area contributed by atoms with Crippen LogP contribution >= 0.6 is 0 Å². The second-order valence-electron chi connectivity index (χ2n) is 4.38. The Hall–Kier alpha value is -1.07. The van der Waals surface area contributed by atoms with Gasteiger partial charge in [0.05, 0.1) is 6.26 Å². The third-order valence-electron chi connectivity index (χ3n) is 2.71. The predicted octanol–water partition coefficient (Wildman–Crippen LogP) is 1.66. The number of hydrogen-bond acceptors (Lipinski definition) is 4. The van der Waals surface area contributed by atoms with Crippen LogP contribution in [0.15, 0.2) is 18.2 Å². The predicted molar refractivity (Wildman–Crippen MR) is 64.7 cm³/mol. The molecule has 0 N–H and O–H groups in total. The summed E-state index contributed by atoms with van der Waals surface area (Å²) >= 11 is 0. The van der Waals surface area contributed by atoms with Gasteiger partial charge in [0, 0.05) is 0 Å². The second-order valence-corrected chi connectivity index (χ2v) is 6.02. The number of aryl methyl sites for hydroxylation is 2. The van der Waals surface area contributed by atoms with Gasteiger partial charge < -0.3 is 4.74 Å². The molecule has 0 aromatic heterocycles. The van der Waals surface area contributed by atoms with Crippen molar-refractivity contribution in [1.29, 1.82) is 0 Å². The number of benzene rings is 1. The van der Waals surface area contributed by atoms with Crippen LogP contribution in [0.3, 0.4) is 0 Å². The fraction of sp³-hybridized carbons (Fsp3) is 0.500. The van der Waals surface area contributed by atoms with E-state index in [1.807, 2.05) is 19.1 Å². The standard InChI is InChI=1S/C12H16O4S/c1-9-3-6-12-10(7-9)4-5-11(16-12)8-15-17(2,13)14/h3,6-7,11H,4-5,8H2,1-2H3. The minimum Gasteiger partial charge on any atom is -0.488 e. The zero-order valence-electron chi connectivity index (χ0n) is 9.97. The quantitative estimate of drug-likeness (QED) is 0.772. The Morgan fingerprint density at radius 1 is 1.47 bits per heavy atom. The highest BCUT2D eigenvalue weighted by molar-refractivity contribution is 7.85. The van der Waals surface area contributed by atoms with Gasteiger partial charge in [-0.15, -0.1) is 0 Å². The van der Waals surface area contributed by atoms with Crippen molar-refractivity contribution in [3.8, 4) is 5.75 Å². The molecule has 1 aliphatic heterocycles. The first kappa shape index (κ1) is 12.4. The summed E-state index contributed by atoms with van der Waals surface area (Å²) in [5.74, 6) is 0.837. The normalized spacial score (nSPS) is 19.5. The first-order chi connectivity index (χ1) is 7.94. The van der Waals surface area contributed by atoms with Gasteiger partial charge in [0.15, 0.2) is 0 Å². The Labute approximate surface area is 102 Å². The van der Waals surface area contributed by atoms with Crippen molar-refractivity contribution < 1.29 is 17.3 Å². The molecule has 0 bridgehead atoms. The summed E-state index contributed by atoms with van der Waals surface area (Å²) in [6, 6.07) is 6.01. The monoisotopic (exact) mass is 256 g/mol. The van der Waals surface area contributed by atoms with Gasteiger partial charge in [-0.3, -0.25) is 4.18 Å². The summed E-state index contributed by atoms with van der Waals surface area (Å²) in [5, 5.41) is 0. The molecule has 1 atom stereocenters. The molecule has 1 aromatic rings. The van der Waals surface area contributed by atoms with E-state index in [1.54, 1.807) is 0 Å². The summed E-state index contributed by atoms with van der Waals surface area (Å²) in [4.78, 5) is 0. The molecule has 1 aliphatic rings. The van der Waals surface area contributed by atoms with Crippen molar-refractivity contribution >= 4 is 10.1 Å². The Balaban J connectivity index is 2.01. The molecule has 4 nitrogen and oxygen atoms in total. The lowest BCUT2D eigenvalue weighted by atomic mass is 10.0. The van der Waals surface area contributed by atoms with E-state index >= 15 is 0 Å². The van der Waals surface area contributed by atoms with Crippen molar-refractivity contribution in [3.63, 3.8) is 0 Å². The Morgan fingerprint density at radius 3 is 2.94 bits per heavy atom. The lowest BCUT2D eigenvalue weighted by Crippen LogP contribution is -2.28. The summed E-state index contributed by atoms with van der Waals surface area (Å²) in [6.07, 6.45) is 2.55. The molecule has 1 aromatic carbocycles. The molecular formula is C12H16O4S. The highest BCUT2D eigenvalue weighted by Gasteiger charge is 2.21. The van der Waals surface area contributed by atoms with Gasteiger partial charge in [-0.2, -0.15) is 8.42 Å². The smallest absolute Gasteiger partial charge is 0.264 e. The molecule has 0 amide bonds. The van der Waals surface area contributed by atoms with Crippen LogP contribution in [0.25, 0.3) is 0 Å². The van der Waals surface area contributed by atoms with Gasteiger partial charge in [0.25, 0.3) is 10.1 Å². The minimum absolute atomic E-state index is 0.0894.